The lowest BCUT2D eigenvalue weighted by molar-refractivity contribution is -0.141. The molecule has 0 fully saturated rings. The number of nitrogens with zero attached hydrogens (tertiary/aromatic N) is 1. The van der Waals surface area contributed by atoms with Crippen molar-refractivity contribution in [2.45, 2.75) is 32.8 Å². The van der Waals surface area contributed by atoms with Gasteiger partial charge in [0.2, 0.25) is 5.91 Å². The summed E-state index contributed by atoms with van der Waals surface area (Å²) in [7, 11) is 0. The molecular weight excluding hydrogens is 266 g/mol. The summed E-state index contributed by atoms with van der Waals surface area (Å²) in [6.45, 7) is 4.93. The van der Waals surface area contributed by atoms with Gasteiger partial charge in [0.25, 0.3) is 0 Å². The predicted molar refractivity (Wildman–Crippen MR) is 71.9 cm³/mol. The Bertz CT molecular complexity index is 368. The number of nitrogens with two attached hydrogens (primary N) is 1. The topological polar surface area (TPSA) is 133 Å². The van der Waals surface area contributed by atoms with Crippen LogP contribution >= 0.6 is 0 Å². The maximum Gasteiger partial charge on any atom is 0.317 e. The largest absolute Gasteiger partial charge is 0.481 e. The molecular formula is C12H23N3O5. The maximum atomic E-state index is 11.9. The lowest BCUT2D eigenvalue weighted by Crippen LogP contribution is -2.50. The summed E-state index contributed by atoms with van der Waals surface area (Å²) < 4.78 is 0. The Kier molecular flexibility index (Phi) is 6.98. The molecule has 0 aliphatic carbocycles. The summed E-state index contributed by atoms with van der Waals surface area (Å²) in [4.78, 5) is 34.6. The van der Waals surface area contributed by atoms with E-state index >= 15 is 0 Å². The highest BCUT2D eigenvalue weighted by Gasteiger charge is 2.26. The van der Waals surface area contributed by atoms with E-state index in [2.05, 4.69) is 5.32 Å². The minimum Gasteiger partial charge on any atom is -0.481 e. The number of primary amides is 1. The van der Waals surface area contributed by atoms with E-state index in [0.29, 0.717) is 6.54 Å². The third kappa shape index (κ3) is 8.30. The lowest BCUT2D eigenvalue weighted by Gasteiger charge is -2.27. The summed E-state index contributed by atoms with van der Waals surface area (Å²) in [6.07, 6.45) is -0.493. The zero-order chi connectivity index (χ0) is 15.9. The molecule has 0 rings (SSSR count). The number of rotatable bonds is 8. The number of carbonyl (C=O) groups excluding carboxylic acids is 2. The van der Waals surface area contributed by atoms with Crippen LogP contribution in [0.5, 0.6) is 0 Å². The molecule has 20 heavy (non-hydrogen) atoms. The van der Waals surface area contributed by atoms with Crippen molar-refractivity contribution < 1.29 is 24.6 Å². The van der Waals surface area contributed by atoms with E-state index in [4.69, 9.17) is 10.8 Å². The summed E-state index contributed by atoms with van der Waals surface area (Å²) >= 11 is 0. The number of hydrogen-bond acceptors (Lipinski definition) is 4. The molecule has 8 nitrogen and oxygen atoms in total. The summed E-state index contributed by atoms with van der Waals surface area (Å²) in [5, 5.41) is 20.8. The first-order valence-corrected chi connectivity index (χ1v) is 6.29. The molecule has 1 atom stereocenters. The second kappa shape index (κ2) is 7.68. The Labute approximate surface area is 117 Å². The molecule has 0 saturated carbocycles. The highest BCUT2D eigenvalue weighted by molar-refractivity contribution is 5.83. The molecule has 0 radical (unpaired) electrons. The summed E-state index contributed by atoms with van der Waals surface area (Å²) in [5.74, 6) is -1.67. The number of carboxylic acids is 1. The summed E-state index contributed by atoms with van der Waals surface area (Å²) in [5.41, 5.74) is 3.51. The first kappa shape index (κ1) is 18.2. The van der Waals surface area contributed by atoms with Crippen LogP contribution in [0.4, 0.5) is 4.79 Å². The van der Waals surface area contributed by atoms with Crippen LogP contribution < -0.4 is 11.1 Å². The normalized spacial score (nSPS) is 13.7. The van der Waals surface area contributed by atoms with E-state index in [1.165, 1.54) is 11.8 Å². The van der Waals surface area contributed by atoms with Gasteiger partial charge in [0.05, 0.1) is 12.0 Å². The van der Waals surface area contributed by atoms with Crippen molar-refractivity contribution in [3.8, 4) is 0 Å². The van der Waals surface area contributed by atoms with Gasteiger partial charge in [-0.05, 0) is 12.8 Å². The molecule has 0 aliphatic rings. The summed E-state index contributed by atoms with van der Waals surface area (Å²) in [6, 6.07) is -0.567. The number of urea groups is 1. The minimum atomic E-state index is -1.56. The fraction of sp³-hybridized carbons (Fsp3) is 0.750. The van der Waals surface area contributed by atoms with Crippen LogP contribution in [0.15, 0.2) is 0 Å². The van der Waals surface area contributed by atoms with Gasteiger partial charge in [-0.1, -0.05) is 13.8 Å². The lowest BCUT2D eigenvalue weighted by atomic mass is 10.0. The molecule has 116 valence electrons. The number of nitrogens with one attached hydrogen (secondary N) is 1. The first-order chi connectivity index (χ1) is 9.03. The van der Waals surface area contributed by atoms with Crippen LogP contribution in [-0.4, -0.2) is 58.3 Å². The van der Waals surface area contributed by atoms with Gasteiger partial charge < -0.3 is 26.2 Å². The van der Waals surface area contributed by atoms with Gasteiger partial charge in [0.15, 0.2) is 0 Å². The zero-order valence-electron chi connectivity index (χ0n) is 12.0. The molecule has 3 amide bonds. The number of hydrogen-bond donors (Lipinski definition) is 4. The molecule has 1 unspecified atom stereocenters. The predicted octanol–water partition coefficient (Wildman–Crippen LogP) is -0.635. The molecule has 5 N–H and O–H groups in total. The molecule has 0 aromatic rings. The van der Waals surface area contributed by atoms with Crippen LogP contribution in [0.1, 0.15) is 27.2 Å². The highest BCUT2D eigenvalue weighted by atomic mass is 16.4. The fourth-order valence-electron chi connectivity index (χ4n) is 1.61. The number of carbonyl (C=O) groups is 3. The van der Waals surface area contributed by atoms with E-state index in [9.17, 15) is 19.5 Å². The van der Waals surface area contributed by atoms with E-state index in [1.807, 2.05) is 13.8 Å². The van der Waals surface area contributed by atoms with Crippen LogP contribution in [0.25, 0.3) is 0 Å². The van der Waals surface area contributed by atoms with Crippen molar-refractivity contribution in [3.63, 3.8) is 0 Å². The molecule has 8 heteroatoms. The molecule has 0 bridgehead atoms. The van der Waals surface area contributed by atoms with Crippen molar-refractivity contribution in [1.29, 1.82) is 0 Å². The number of carboxylic acid groups (broad SMARTS) is 1. The third-order valence-electron chi connectivity index (χ3n) is 2.37. The zero-order valence-corrected chi connectivity index (χ0v) is 12.0. The van der Waals surface area contributed by atoms with Gasteiger partial charge in [-0.2, -0.15) is 0 Å². The standard InChI is InChI=1S/C12H23N3O5/c1-8(2)5-15(6-9(13)16)11(19)14-7-12(3,20)4-10(17)18/h8,20H,4-7H2,1-3H3,(H2,13,16)(H,14,19)(H,17,18). The van der Waals surface area contributed by atoms with Crippen molar-refractivity contribution in [2.75, 3.05) is 19.6 Å². The second-order valence-corrected chi connectivity index (χ2v) is 5.47. The molecule has 0 aromatic heterocycles. The van der Waals surface area contributed by atoms with Crippen molar-refractivity contribution in [3.05, 3.63) is 0 Å². The van der Waals surface area contributed by atoms with Gasteiger partial charge >= 0.3 is 12.0 Å². The number of amides is 3. The van der Waals surface area contributed by atoms with E-state index in [0.717, 1.165) is 0 Å². The van der Waals surface area contributed by atoms with E-state index in [1.54, 1.807) is 0 Å². The molecule has 0 saturated heterocycles. The third-order valence-corrected chi connectivity index (χ3v) is 2.37. The van der Waals surface area contributed by atoms with Crippen molar-refractivity contribution >= 4 is 17.9 Å². The Morgan fingerprint density at radius 1 is 1.35 bits per heavy atom. The smallest absolute Gasteiger partial charge is 0.317 e. The molecule has 0 heterocycles. The number of aliphatic carboxylic acids is 1. The van der Waals surface area contributed by atoms with Crippen molar-refractivity contribution in [1.82, 2.24) is 10.2 Å². The fourth-order valence-corrected chi connectivity index (χ4v) is 1.61. The van der Waals surface area contributed by atoms with Gasteiger partial charge in [0.1, 0.15) is 6.54 Å². The Balaban J connectivity index is 4.52. The Morgan fingerprint density at radius 3 is 2.30 bits per heavy atom. The van der Waals surface area contributed by atoms with Crippen molar-refractivity contribution in [2.24, 2.45) is 11.7 Å². The minimum absolute atomic E-state index is 0.139. The average molecular weight is 289 g/mol. The SMILES string of the molecule is CC(C)CN(CC(N)=O)C(=O)NCC(C)(O)CC(=O)O. The molecule has 0 aromatic carbocycles. The quantitative estimate of drug-likeness (QED) is 0.472. The molecule has 0 spiro atoms. The first-order valence-electron chi connectivity index (χ1n) is 6.29. The van der Waals surface area contributed by atoms with Gasteiger partial charge in [0, 0.05) is 13.1 Å². The average Bonchev–Trinajstić information content (AvgIpc) is 2.22. The van der Waals surface area contributed by atoms with Crippen LogP contribution in [0.2, 0.25) is 0 Å². The van der Waals surface area contributed by atoms with E-state index in [-0.39, 0.29) is 19.0 Å². The van der Waals surface area contributed by atoms with E-state index < -0.39 is 29.9 Å². The Morgan fingerprint density at radius 2 is 1.90 bits per heavy atom. The maximum absolute atomic E-state index is 11.9. The van der Waals surface area contributed by atoms with Gasteiger partial charge in [-0.15, -0.1) is 0 Å². The number of aliphatic hydroxyl groups is 1. The van der Waals surface area contributed by atoms with Gasteiger partial charge in [-0.3, -0.25) is 9.59 Å². The van der Waals surface area contributed by atoms with Crippen LogP contribution in [0, 0.1) is 5.92 Å². The molecule has 0 aliphatic heterocycles. The van der Waals surface area contributed by atoms with Crippen LogP contribution in [-0.2, 0) is 9.59 Å². The second-order valence-electron chi connectivity index (χ2n) is 5.47. The monoisotopic (exact) mass is 289 g/mol. The van der Waals surface area contributed by atoms with Gasteiger partial charge in [-0.25, -0.2) is 4.79 Å². The highest BCUT2D eigenvalue weighted by Crippen LogP contribution is 2.08. The van der Waals surface area contributed by atoms with Crippen LogP contribution in [0.3, 0.4) is 0 Å². The Hall–Kier alpha value is -1.83.